The number of hydrogen-bond donors (Lipinski definition) is 1. The van der Waals surface area contributed by atoms with Gasteiger partial charge in [0.15, 0.2) is 0 Å². The van der Waals surface area contributed by atoms with Crippen molar-refractivity contribution in [3.63, 3.8) is 0 Å². The topological polar surface area (TPSA) is 75.7 Å². The van der Waals surface area contributed by atoms with E-state index >= 15 is 0 Å². The second-order valence-electron chi connectivity index (χ2n) is 8.49. The molecule has 174 valence electrons. The van der Waals surface area contributed by atoms with Crippen molar-refractivity contribution in [2.75, 3.05) is 20.2 Å². The number of carbonyl (C=O) groups is 1. The van der Waals surface area contributed by atoms with E-state index in [1.165, 1.54) is 35.7 Å². The predicted octanol–water partition coefficient (Wildman–Crippen LogP) is 4.13. The number of nitrogens with one attached hydrogen (secondary N) is 1. The molecule has 0 aliphatic carbocycles. The van der Waals surface area contributed by atoms with E-state index in [-0.39, 0.29) is 33.6 Å². The highest BCUT2D eigenvalue weighted by Crippen LogP contribution is 2.32. The third-order valence-electron chi connectivity index (χ3n) is 5.66. The van der Waals surface area contributed by atoms with Gasteiger partial charge in [-0.1, -0.05) is 19.9 Å². The molecule has 1 aliphatic rings. The molecule has 1 aliphatic heterocycles. The Morgan fingerprint density at radius 3 is 2.38 bits per heavy atom. The maximum atomic E-state index is 14.0. The standard InChI is InChI=1S/C23H28F2N2O4S/c1-14-9-15(2)13-27(12-14)32(29,30)22-10-17(5-8-21(22)31-4)23(28)26-16(3)19-7-6-18(24)11-20(19)25/h5-8,10-11,14-16H,9,12-13H2,1-4H3,(H,26,28). The second-order valence-corrected chi connectivity index (χ2v) is 10.4. The molecule has 2 aromatic rings. The Kier molecular flexibility index (Phi) is 7.19. The van der Waals surface area contributed by atoms with E-state index in [4.69, 9.17) is 4.74 Å². The zero-order valence-electron chi connectivity index (χ0n) is 18.6. The van der Waals surface area contributed by atoms with Crippen LogP contribution in [0.15, 0.2) is 41.3 Å². The lowest BCUT2D eigenvalue weighted by molar-refractivity contribution is 0.0939. The number of nitrogens with zero attached hydrogens (tertiary/aromatic N) is 1. The quantitative estimate of drug-likeness (QED) is 0.695. The molecule has 3 rings (SSSR count). The highest BCUT2D eigenvalue weighted by atomic mass is 32.2. The molecule has 1 fully saturated rings. The van der Waals surface area contributed by atoms with E-state index in [0.717, 1.165) is 18.6 Å². The molecule has 9 heteroatoms. The largest absolute Gasteiger partial charge is 0.495 e. The number of halogens is 2. The van der Waals surface area contributed by atoms with Crippen LogP contribution in [0.25, 0.3) is 0 Å². The number of piperidine rings is 1. The number of methoxy groups -OCH3 is 1. The fraction of sp³-hybridized carbons (Fsp3) is 0.435. The van der Waals surface area contributed by atoms with Crippen LogP contribution in [0.4, 0.5) is 8.78 Å². The zero-order chi connectivity index (χ0) is 23.6. The summed E-state index contributed by atoms with van der Waals surface area (Å²) in [6, 6.07) is 6.52. The Balaban J connectivity index is 1.89. The third-order valence-corrected chi connectivity index (χ3v) is 7.51. The minimum absolute atomic E-state index is 0.0884. The van der Waals surface area contributed by atoms with Gasteiger partial charge in [-0.25, -0.2) is 17.2 Å². The Morgan fingerprint density at radius 1 is 1.12 bits per heavy atom. The number of sulfonamides is 1. The van der Waals surface area contributed by atoms with Crippen LogP contribution in [0, 0.1) is 23.5 Å². The minimum Gasteiger partial charge on any atom is -0.495 e. The first kappa shape index (κ1) is 24.1. The van der Waals surface area contributed by atoms with Crippen LogP contribution in [0.2, 0.25) is 0 Å². The van der Waals surface area contributed by atoms with Crippen LogP contribution < -0.4 is 10.1 Å². The molecule has 0 radical (unpaired) electrons. The summed E-state index contributed by atoms with van der Waals surface area (Å²) in [6.07, 6.45) is 0.948. The summed E-state index contributed by atoms with van der Waals surface area (Å²) < 4.78 is 60.7. The van der Waals surface area contributed by atoms with Crippen molar-refractivity contribution in [1.29, 1.82) is 0 Å². The predicted molar refractivity (Wildman–Crippen MR) is 117 cm³/mol. The number of benzene rings is 2. The maximum Gasteiger partial charge on any atom is 0.251 e. The number of hydrogen-bond acceptors (Lipinski definition) is 4. The monoisotopic (exact) mass is 466 g/mol. The fourth-order valence-corrected chi connectivity index (χ4v) is 6.03. The summed E-state index contributed by atoms with van der Waals surface area (Å²) >= 11 is 0. The normalized spacial score (nSPS) is 20.6. The number of ether oxygens (including phenoxy) is 1. The third kappa shape index (κ3) is 5.10. The summed E-state index contributed by atoms with van der Waals surface area (Å²) in [5.74, 6) is -1.49. The molecule has 1 N–H and O–H groups in total. The molecule has 1 saturated heterocycles. The molecular formula is C23H28F2N2O4S. The second kappa shape index (κ2) is 9.54. The van der Waals surface area contributed by atoms with E-state index < -0.39 is 33.6 Å². The molecule has 0 bridgehead atoms. The Bertz CT molecular complexity index is 1100. The highest BCUT2D eigenvalue weighted by Gasteiger charge is 2.34. The van der Waals surface area contributed by atoms with E-state index in [1.807, 2.05) is 13.8 Å². The van der Waals surface area contributed by atoms with Gasteiger partial charge in [-0.15, -0.1) is 0 Å². The van der Waals surface area contributed by atoms with Crippen LogP contribution in [0.3, 0.4) is 0 Å². The molecular weight excluding hydrogens is 438 g/mol. The summed E-state index contributed by atoms with van der Waals surface area (Å²) in [5.41, 5.74) is 0.217. The van der Waals surface area contributed by atoms with Gasteiger partial charge in [-0.05, 0) is 49.4 Å². The van der Waals surface area contributed by atoms with Gasteiger partial charge >= 0.3 is 0 Å². The van der Waals surface area contributed by atoms with Gasteiger partial charge < -0.3 is 10.1 Å². The highest BCUT2D eigenvalue weighted by molar-refractivity contribution is 7.89. The van der Waals surface area contributed by atoms with E-state index in [2.05, 4.69) is 5.32 Å². The Labute approximate surface area is 187 Å². The lowest BCUT2D eigenvalue weighted by atomic mass is 9.94. The molecule has 6 nitrogen and oxygen atoms in total. The van der Waals surface area contributed by atoms with E-state index in [1.54, 1.807) is 6.92 Å². The van der Waals surface area contributed by atoms with Crippen molar-refractivity contribution in [2.24, 2.45) is 11.8 Å². The van der Waals surface area contributed by atoms with Gasteiger partial charge in [-0.2, -0.15) is 4.31 Å². The summed E-state index contributed by atoms with van der Waals surface area (Å²) in [6.45, 7) is 6.37. The molecule has 2 aromatic carbocycles. The Morgan fingerprint density at radius 2 is 1.78 bits per heavy atom. The first-order valence-corrected chi connectivity index (χ1v) is 11.9. The van der Waals surface area contributed by atoms with Crippen molar-refractivity contribution in [2.45, 2.75) is 38.1 Å². The van der Waals surface area contributed by atoms with Crippen molar-refractivity contribution >= 4 is 15.9 Å². The van der Waals surface area contributed by atoms with E-state index in [9.17, 15) is 22.0 Å². The lowest BCUT2D eigenvalue weighted by Gasteiger charge is -2.34. The molecule has 3 unspecified atom stereocenters. The molecule has 3 atom stereocenters. The average Bonchev–Trinajstić information content (AvgIpc) is 2.72. The van der Waals surface area contributed by atoms with Crippen LogP contribution >= 0.6 is 0 Å². The molecule has 1 amide bonds. The van der Waals surface area contributed by atoms with Gasteiger partial charge in [0.1, 0.15) is 22.3 Å². The van der Waals surface area contributed by atoms with Crippen LogP contribution in [0.5, 0.6) is 5.75 Å². The van der Waals surface area contributed by atoms with Crippen LogP contribution in [-0.4, -0.2) is 38.8 Å². The van der Waals surface area contributed by atoms with Crippen molar-refractivity contribution in [1.82, 2.24) is 9.62 Å². The van der Waals surface area contributed by atoms with Crippen molar-refractivity contribution in [3.8, 4) is 5.75 Å². The first-order valence-electron chi connectivity index (χ1n) is 10.5. The molecule has 1 heterocycles. The Hall–Kier alpha value is -2.52. The summed E-state index contributed by atoms with van der Waals surface area (Å²) in [5, 5.41) is 2.63. The van der Waals surface area contributed by atoms with Gasteiger partial charge in [0, 0.05) is 30.3 Å². The molecule has 0 aromatic heterocycles. The minimum atomic E-state index is -3.89. The van der Waals surface area contributed by atoms with Gasteiger partial charge in [-0.3, -0.25) is 4.79 Å². The van der Waals surface area contributed by atoms with Crippen LogP contribution in [0.1, 0.15) is 49.2 Å². The lowest BCUT2D eigenvalue weighted by Crippen LogP contribution is -2.42. The van der Waals surface area contributed by atoms with Crippen molar-refractivity contribution in [3.05, 3.63) is 59.2 Å². The smallest absolute Gasteiger partial charge is 0.251 e. The van der Waals surface area contributed by atoms with Crippen molar-refractivity contribution < 1.29 is 26.7 Å². The first-order chi connectivity index (χ1) is 15.0. The van der Waals surface area contributed by atoms with E-state index in [0.29, 0.717) is 13.1 Å². The molecule has 0 spiro atoms. The SMILES string of the molecule is COc1ccc(C(=O)NC(C)c2ccc(F)cc2F)cc1S(=O)(=O)N1CC(C)CC(C)C1. The number of amides is 1. The summed E-state index contributed by atoms with van der Waals surface area (Å²) in [4.78, 5) is 12.7. The number of rotatable bonds is 6. The fourth-order valence-electron chi connectivity index (χ4n) is 4.17. The zero-order valence-corrected chi connectivity index (χ0v) is 19.4. The summed E-state index contributed by atoms with van der Waals surface area (Å²) in [7, 11) is -2.52. The number of carbonyl (C=O) groups excluding carboxylic acids is 1. The maximum absolute atomic E-state index is 14.0. The molecule has 0 saturated carbocycles. The average molecular weight is 467 g/mol. The van der Waals surface area contributed by atoms with Crippen LogP contribution in [-0.2, 0) is 10.0 Å². The van der Waals surface area contributed by atoms with Gasteiger partial charge in [0.25, 0.3) is 5.91 Å². The van der Waals surface area contributed by atoms with Gasteiger partial charge in [0.2, 0.25) is 10.0 Å². The van der Waals surface area contributed by atoms with Gasteiger partial charge in [0.05, 0.1) is 13.2 Å². The molecule has 32 heavy (non-hydrogen) atoms.